The maximum absolute atomic E-state index is 13.7. The molecular formula is C29H27ClN2O4S. The number of benzene rings is 4. The standard InChI is InChI=1S/C29H27ClN2O4S/c1-21-11-9-10-16-25(21)29(22-12-5-3-6-13-22)31-28(33)20-32(23-17-18-27(36-2)26(30)19-23)37(34,35)24-14-7-4-8-15-24/h3-19,29H,20H2,1-2H3,(H,31,33). The number of nitrogens with zero attached hydrogens (tertiary/aromatic N) is 1. The lowest BCUT2D eigenvalue weighted by Gasteiger charge is -2.27. The minimum absolute atomic E-state index is 0.0632. The summed E-state index contributed by atoms with van der Waals surface area (Å²) in [4.78, 5) is 13.6. The summed E-state index contributed by atoms with van der Waals surface area (Å²) in [5.74, 6) is -0.0702. The monoisotopic (exact) mass is 534 g/mol. The summed E-state index contributed by atoms with van der Waals surface area (Å²) >= 11 is 6.32. The zero-order chi connectivity index (χ0) is 26.4. The SMILES string of the molecule is COc1ccc(N(CC(=O)NC(c2ccccc2)c2ccccc2C)S(=O)(=O)c2ccccc2)cc1Cl. The average Bonchev–Trinajstić information content (AvgIpc) is 2.92. The first kappa shape index (κ1) is 26.3. The summed E-state index contributed by atoms with van der Waals surface area (Å²) < 4.78 is 33.6. The Kier molecular flexibility index (Phi) is 8.16. The lowest BCUT2D eigenvalue weighted by Crippen LogP contribution is -2.42. The average molecular weight is 535 g/mol. The molecule has 0 bridgehead atoms. The predicted octanol–water partition coefficient (Wildman–Crippen LogP) is 5.76. The summed E-state index contributed by atoms with van der Waals surface area (Å²) in [5, 5.41) is 3.28. The van der Waals surface area contributed by atoms with Crippen molar-refractivity contribution in [2.24, 2.45) is 0 Å². The van der Waals surface area contributed by atoms with Gasteiger partial charge in [0.05, 0.1) is 28.8 Å². The lowest BCUT2D eigenvalue weighted by atomic mass is 9.95. The van der Waals surface area contributed by atoms with E-state index in [0.717, 1.165) is 21.0 Å². The zero-order valence-electron chi connectivity index (χ0n) is 20.5. The Morgan fingerprint density at radius 2 is 1.54 bits per heavy atom. The van der Waals surface area contributed by atoms with Crippen LogP contribution in [0, 0.1) is 6.92 Å². The van der Waals surface area contributed by atoms with E-state index < -0.39 is 28.5 Å². The predicted molar refractivity (Wildman–Crippen MR) is 147 cm³/mol. The van der Waals surface area contributed by atoms with E-state index in [0.29, 0.717) is 5.75 Å². The maximum atomic E-state index is 13.7. The van der Waals surface area contributed by atoms with Crippen molar-refractivity contribution in [3.63, 3.8) is 0 Å². The Balaban J connectivity index is 1.72. The maximum Gasteiger partial charge on any atom is 0.264 e. The highest BCUT2D eigenvalue weighted by molar-refractivity contribution is 7.92. The molecule has 37 heavy (non-hydrogen) atoms. The molecule has 0 aliphatic carbocycles. The molecule has 0 saturated heterocycles. The molecule has 8 heteroatoms. The molecule has 4 aromatic rings. The normalized spacial score (nSPS) is 12.0. The molecule has 4 aromatic carbocycles. The molecule has 4 rings (SSSR count). The number of sulfonamides is 1. The molecule has 0 aliphatic rings. The summed E-state index contributed by atoms with van der Waals surface area (Å²) in [6.07, 6.45) is 0. The molecule has 0 heterocycles. The van der Waals surface area contributed by atoms with Crippen LogP contribution in [0.5, 0.6) is 5.75 Å². The van der Waals surface area contributed by atoms with E-state index >= 15 is 0 Å². The molecule has 0 radical (unpaired) electrons. The van der Waals surface area contributed by atoms with Crippen molar-refractivity contribution in [2.75, 3.05) is 18.0 Å². The van der Waals surface area contributed by atoms with Crippen LogP contribution in [0.1, 0.15) is 22.7 Å². The van der Waals surface area contributed by atoms with Gasteiger partial charge >= 0.3 is 0 Å². The van der Waals surface area contributed by atoms with Gasteiger partial charge in [0.25, 0.3) is 10.0 Å². The molecule has 0 saturated carbocycles. The van der Waals surface area contributed by atoms with Crippen molar-refractivity contribution < 1.29 is 17.9 Å². The molecular weight excluding hydrogens is 508 g/mol. The fourth-order valence-electron chi connectivity index (χ4n) is 4.08. The summed E-state index contributed by atoms with van der Waals surface area (Å²) in [6, 6.07) is 29.5. The number of anilines is 1. The van der Waals surface area contributed by atoms with Gasteiger partial charge in [-0.3, -0.25) is 9.10 Å². The molecule has 0 fully saturated rings. The van der Waals surface area contributed by atoms with Crippen LogP contribution < -0.4 is 14.4 Å². The van der Waals surface area contributed by atoms with Crippen LogP contribution in [0.4, 0.5) is 5.69 Å². The van der Waals surface area contributed by atoms with Crippen molar-refractivity contribution >= 4 is 33.2 Å². The van der Waals surface area contributed by atoms with Crippen LogP contribution in [0.25, 0.3) is 0 Å². The first-order valence-corrected chi connectivity index (χ1v) is 13.4. The van der Waals surface area contributed by atoms with Crippen molar-refractivity contribution in [2.45, 2.75) is 17.9 Å². The van der Waals surface area contributed by atoms with Gasteiger partial charge in [-0.05, 0) is 53.9 Å². The molecule has 1 N–H and O–H groups in total. The van der Waals surface area contributed by atoms with E-state index in [1.54, 1.807) is 30.3 Å². The number of carbonyl (C=O) groups excluding carboxylic acids is 1. The summed E-state index contributed by atoms with van der Waals surface area (Å²) in [5.41, 5.74) is 3.06. The smallest absolute Gasteiger partial charge is 0.264 e. The van der Waals surface area contributed by atoms with Crippen molar-refractivity contribution in [1.29, 1.82) is 0 Å². The van der Waals surface area contributed by atoms with Crippen molar-refractivity contribution in [1.82, 2.24) is 5.32 Å². The van der Waals surface area contributed by atoms with Gasteiger partial charge in [-0.25, -0.2) is 8.42 Å². The van der Waals surface area contributed by atoms with E-state index in [1.807, 2.05) is 61.5 Å². The fourth-order valence-corrected chi connectivity index (χ4v) is 5.76. The molecule has 0 spiro atoms. The Morgan fingerprint density at radius 1 is 0.919 bits per heavy atom. The van der Waals surface area contributed by atoms with E-state index in [9.17, 15) is 13.2 Å². The Bertz CT molecular complexity index is 1480. The first-order valence-electron chi connectivity index (χ1n) is 11.6. The van der Waals surface area contributed by atoms with Crippen molar-refractivity contribution in [3.05, 3.63) is 125 Å². The lowest BCUT2D eigenvalue weighted by molar-refractivity contribution is -0.120. The van der Waals surface area contributed by atoms with E-state index in [-0.39, 0.29) is 15.6 Å². The second kappa shape index (κ2) is 11.5. The van der Waals surface area contributed by atoms with Gasteiger partial charge in [0.1, 0.15) is 12.3 Å². The van der Waals surface area contributed by atoms with Gasteiger partial charge in [-0.2, -0.15) is 0 Å². The molecule has 1 atom stereocenters. The van der Waals surface area contributed by atoms with Gasteiger partial charge in [-0.15, -0.1) is 0 Å². The van der Waals surface area contributed by atoms with Crippen LogP contribution in [0.2, 0.25) is 5.02 Å². The Morgan fingerprint density at radius 3 is 2.16 bits per heavy atom. The third kappa shape index (κ3) is 5.96. The fraction of sp³-hybridized carbons (Fsp3) is 0.138. The molecule has 1 unspecified atom stereocenters. The van der Waals surface area contributed by atoms with Gasteiger partial charge in [-0.1, -0.05) is 84.4 Å². The number of hydrogen-bond acceptors (Lipinski definition) is 4. The summed E-state index contributed by atoms with van der Waals surface area (Å²) in [7, 11) is -2.61. The zero-order valence-corrected chi connectivity index (χ0v) is 22.0. The summed E-state index contributed by atoms with van der Waals surface area (Å²) in [6.45, 7) is 1.53. The topological polar surface area (TPSA) is 75.7 Å². The second-order valence-corrected chi connectivity index (χ2v) is 10.7. The quantitative estimate of drug-likeness (QED) is 0.296. The number of methoxy groups -OCH3 is 1. The van der Waals surface area contributed by atoms with Gasteiger partial charge in [0.15, 0.2) is 0 Å². The molecule has 190 valence electrons. The number of amides is 1. The first-order chi connectivity index (χ1) is 17.8. The number of nitrogens with one attached hydrogen (secondary N) is 1. The largest absolute Gasteiger partial charge is 0.495 e. The highest BCUT2D eigenvalue weighted by atomic mass is 35.5. The van der Waals surface area contributed by atoms with Gasteiger partial charge < -0.3 is 10.1 Å². The molecule has 6 nitrogen and oxygen atoms in total. The minimum Gasteiger partial charge on any atom is -0.495 e. The number of halogens is 1. The number of carbonyl (C=O) groups is 1. The molecule has 0 aromatic heterocycles. The van der Waals surface area contributed by atoms with Gasteiger partial charge in [0, 0.05) is 0 Å². The highest BCUT2D eigenvalue weighted by Gasteiger charge is 2.29. The second-order valence-electron chi connectivity index (χ2n) is 8.41. The number of rotatable bonds is 9. The van der Waals surface area contributed by atoms with E-state index in [1.165, 1.54) is 25.3 Å². The van der Waals surface area contributed by atoms with Crippen LogP contribution in [0.3, 0.4) is 0 Å². The van der Waals surface area contributed by atoms with Crippen LogP contribution in [-0.2, 0) is 14.8 Å². The van der Waals surface area contributed by atoms with Gasteiger partial charge in [0.2, 0.25) is 5.91 Å². The number of ether oxygens (including phenoxy) is 1. The third-order valence-electron chi connectivity index (χ3n) is 5.98. The van der Waals surface area contributed by atoms with E-state index in [4.69, 9.17) is 16.3 Å². The third-order valence-corrected chi connectivity index (χ3v) is 8.06. The van der Waals surface area contributed by atoms with Crippen LogP contribution in [0.15, 0.2) is 108 Å². The van der Waals surface area contributed by atoms with Crippen molar-refractivity contribution in [3.8, 4) is 5.75 Å². The number of hydrogen-bond donors (Lipinski definition) is 1. The highest BCUT2D eigenvalue weighted by Crippen LogP contribution is 2.32. The molecule has 1 amide bonds. The van der Waals surface area contributed by atoms with Crippen LogP contribution in [-0.4, -0.2) is 28.0 Å². The Hall–Kier alpha value is -3.81. The van der Waals surface area contributed by atoms with Crippen LogP contribution >= 0.6 is 11.6 Å². The number of aryl methyl sites for hydroxylation is 1. The van der Waals surface area contributed by atoms with E-state index in [2.05, 4.69) is 5.32 Å². The molecule has 0 aliphatic heterocycles. The minimum atomic E-state index is -4.09. The Labute approximate surface area is 222 Å².